The van der Waals surface area contributed by atoms with E-state index in [1.807, 2.05) is 13.8 Å². The van der Waals surface area contributed by atoms with Gasteiger partial charge in [-0.25, -0.2) is 4.79 Å². The number of hydrogen-bond acceptors (Lipinski definition) is 3. The van der Waals surface area contributed by atoms with Crippen LogP contribution in [0.1, 0.15) is 44.0 Å². The van der Waals surface area contributed by atoms with Crippen LogP contribution < -0.4 is 16.0 Å². The summed E-state index contributed by atoms with van der Waals surface area (Å²) in [5, 5.41) is 18.0. The molecule has 0 saturated carbocycles. The van der Waals surface area contributed by atoms with Crippen molar-refractivity contribution in [1.29, 1.82) is 0 Å². The van der Waals surface area contributed by atoms with E-state index >= 15 is 0 Å². The van der Waals surface area contributed by atoms with Crippen molar-refractivity contribution in [3.8, 4) is 0 Å². The zero-order chi connectivity index (χ0) is 17.5. The molecular weight excluding hydrogens is 318 g/mol. The maximum Gasteiger partial charge on any atom is 0.319 e. The minimum Gasteiger partial charge on any atom is -0.388 e. The summed E-state index contributed by atoms with van der Waals surface area (Å²) in [5.41, 5.74) is -0.119. The molecule has 0 aromatic heterocycles. The van der Waals surface area contributed by atoms with E-state index in [0.29, 0.717) is 24.2 Å². The highest BCUT2D eigenvalue weighted by Gasteiger charge is 2.18. The molecule has 1 atom stereocenters. The first-order valence-corrected chi connectivity index (χ1v) is 8.02. The van der Waals surface area contributed by atoms with Gasteiger partial charge in [0.05, 0.1) is 16.2 Å². The van der Waals surface area contributed by atoms with Crippen LogP contribution in [0.25, 0.3) is 0 Å². The molecule has 0 radical (unpaired) electrons. The van der Waals surface area contributed by atoms with Gasteiger partial charge in [0.2, 0.25) is 0 Å². The summed E-state index contributed by atoms with van der Waals surface area (Å²) in [6, 6.07) is 4.23. The van der Waals surface area contributed by atoms with Crippen LogP contribution in [0.3, 0.4) is 0 Å². The molecule has 1 aromatic rings. The molecule has 0 aliphatic rings. The minimum atomic E-state index is -0.948. The van der Waals surface area contributed by atoms with Crippen LogP contribution in [0.15, 0.2) is 18.2 Å². The third-order valence-electron chi connectivity index (χ3n) is 3.40. The lowest BCUT2D eigenvalue weighted by molar-refractivity contribution is 0.0587. The van der Waals surface area contributed by atoms with Gasteiger partial charge < -0.3 is 21.1 Å². The van der Waals surface area contributed by atoms with Gasteiger partial charge in [-0.1, -0.05) is 25.4 Å². The number of amides is 3. The quantitative estimate of drug-likeness (QED) is 0.614. The molecule has 0 aliphatic carbocycles. The van der Waals surface area contributed by atoms with Crippen molar-refractivity contribution in [2.75, 3.05) is 18.4 Å². The second-order valence-corrected chi connectivity index (χ2v) is 6.02. The monoisotopic (exact) mass is 341 g/mol. The number of hydrogen-bond donors (Lipinski definition) is 4. The van der Waals surface area contributed by atoms with Crippen molar-refractivity contribution < 1.29 is 14.7 Å². The highest BCUT2D eigenvalue weighted by atomic mass is 35.5. The summed E-state index contributed by atoms with van der Waals surface area (Å²) in [5.74, 6) is -0.244. The lowest BCUT2D eigenvalue weighted by Gasteiger charge is -2.21. The average Bonchev–Trinajstić information content (AvgIpc) is 2.51. The van der Waals surface area contributed by atoms with Crippen molar-refractivity contribution in [1.82, 2.24) is 10.6 Å². The number of aliphatic hydroxyl groups is 1. The molecule has 0 fully saturated rings. The molecule has 4 N–H and O–H groups in total. The molecular formula is C16H24ClN3O3. The van der Waals surface area contributed by atoms with Crippen LogP contribution in [-0.2, 0) is 0 Å². The Kier molecular flexibility index (Phi) is 7.32. The smallest absolute Gasteiger partial charge is 0.319 e. The third-order valence-corrected chi connectivity index (χ3v) is 3.71. The number of urea groups is 1. The SMILES string of the molecule is CCCNC(=O)c1ccc(NC(=O)NC[C@@](C)(O)CC)cc1Cl. The van der Waals surface area contributed by atoms with Gasteiger partial charge in [0.1, 0.15) is 0 Å². The predicted octanol–water partition coefficient (Wildman–Crippen LogP) is 2.76. The molecule has 7 heteroatoms. The molecule has 23 heavy (non-hydrogen) atoms. The number of halogens is 1. The summed E-state index contributed by atoms with van der Waals surface area (Å²) in [7, 11) is 0. The molecule has 3 amide bonds. The summed E-state index contributed by atoms with van der Waals surface area (Å²) >= 11 is 6.09. The first kappa shape index (κ1) is 19.3. The summed E-state index contributed by atoms with van der Waals surface area (Å²) in [6.45, 7) is 6.16. The van der Waals surface area contributed by atoms with E-state index in [9.17, 15) is 14.7 Å². The van der Waals surface area contributed by atoms with Gasteiger partial charge in [-0.3, -0.25) is 4.79 Å². The largest absolute Gasteiger partial charge is 0.388 e. The molecule has 0 unspecified atom stereocenters. The zero-order valence-electron chi connectivity index (χ0n) is 13.7. The first-order chi connectivity index (χ1) is 10.8. The first-order valence-electron chi connectivity index (χ1n) is 7.64. The fourth-order valence-corrected chi connectivity index (χ4v) is 1.95. The van der Waals surface area contributed by atoms with E-state index in [-0.39, 0.29) is 17.5 Å². The van der Waals surface area contributed by atoms with Gasteiger partial charge >= 0.3 is 6.03 Å². The Labute approximate surface area is 141 Å². The Morgan fingerprint density at radius 3 is 2.52 bits per heavy atom. The van der Waals surface area contributed by atoms with Crippen molar-refractivity contribution in [2.45, 2.75) is 39.2 Å². The van der Waals surface area contributed by atoms with Crippen LogP contribution in [-0.4, -0.2) is 35.7 Å². The number of carbonyl (C=O) groups excluding carboxylic acids is 2. The van der Waals surface area contributed by atoms with Gasteiger partial charge in [-0.2, -0.15) is 0 Å². The molecule has 1 aromatic carbocycles. The average molecular weight is 342 g/mol. The molecule has 128 valence electrons. The van der Waals surface area contributed by atoms with E-state index in [1.165, 1.54) is 6.07 Å². The summed E-state index contributed by atoms with van der Waals surface area (Å²) < 4.78 is 0. The molecule has 0 heterocycles. The van der Waals surface area contributed by atoms with Gasteiger partial charge in [0.15, 0.2) is 0 Å². The van der Waals surface area contributed by atoms with Crippen LogP contribution in [0, 0.1) is 0 Å². The third kappa shape index (κ3) is 6.46. The number of benzene rings is 1. The summed E-state index contributed by atoms with van der Waals surface area (Å²) in [6.07, 6.45) is 1.37. The van der Waals surface area contributed by atoms with E-state index < -0.39 is 11.6 Å². The Bertz CT molecular complexity index is 562. The highest BCUT2D eigenvalue weighted by Crippen LogP contribution is 2.21. The van der Waals surface area contributed by atoms with Crippen LogP contribution in [0.5, 0.6) is 0 Å². The van der Waals surface area contributed by atoms with Gasteiger partial charge in [0.25, 0.3) is 5.91 Å². The van der Waals surface area contributed by atoms with Crippen LogP contribution in [0.4, 0.5) is 10.5 Å². The number of carbonyl (C=O) groups is 2. The van der Waals surface area contributed by atoms with Crippen molar-refractivity contribution in [3.63, 3.8) is 0 Å². The fourth-order valence-electron chi connectivity index (χ4n) is 1.68. The molecule has 6 nitrogen and oxygen atoms in total. The minimum absolute atomic E-state index is 0.139. The Balaban J connectivity index is 2.64. The highest BCUT2D eigenvalue weighted by molar-refractivity contribution is 6.34. The Morgan fingerprint density at radius 2 is 1.96 bits per heavy atom. The number of anilines is 1. The van der Waals surface area contributed by atoms with E-state index in [2.05, 4.69) is 16.0 Å². The summed E-state index contributed by atoms with van der Waals surface area (Å²) in [4.78, 5) is 23.7. The van der Waals surface area contributed by atoms with Gasteiger partial charge in [-0.15, -0.1) is 0 Å². The van der Waals surface area contributed by atoms with E-state index in [0.717, 1.165) is 6.42 Å². The topological polar surface area (TPSA) is 90.5 Å². The number of rotatable bonds is 7. The van der Waals surface area contributed by atoms with Crippen molar-refractivity contribution in [3.05, 3.63) is 28.8 Å². The normalized spacial score (nSPS) is 13.1. The standard InChI is InChI=1S/C16H24ClN3O3/c1-4-8-18-14(21)12-7-6-11(9-13(12)17)20-15(22)19-10-16(3,23)5-2/h6-7,9,23H,4-5,8,10H2,1-3H3,(H,18,21)(H2,19,20,22)/t16-/m0/s1. The fraction of sp³-hybridized carbons (Fsp3) is 0.500. The second kappa shape index (κ2) is 8.74. The molecule has 0 spiro atoms. The van der Waals surface area contributed by atoms with Gasteiger partial charge in [0, 0.05) is 18.8 Å². The Morgan fingerprint density at radius 1 is 1.26 bits per heavy atom. The lowest BCUT2D eigenvalue weighted by Crippen LogP contribution is -2.41. The van der Waals surface area contributed by atoms with Crippen molar-refractivity contribution >= 4 is 29.2 Å². The molecule has 1 rings (SSSR count). The predicted molar refractivity (Wildman–Crippen MR) is 92.0 cm³/mol. The van der Waals surface area contributed by atoms with E-state index in [1.54, 1.807) is 19.1 Å². The lowest BCUT2D eigenvalue weighted by atomic mass is 10.0. The van der Waals surface area contributed by atoms with Crippen LogP contribution in [0.2, 0.25) is 5.02 Å². The van der Waals surface area contributed by atoms with Gasteiger partial charge in [-0.05, 0) is 38.0 Å². The van der Waals surface area contributed by atoms with Crippen LogP contribution >= 0.6 is 11.6 Å². The Hall–Kier alpha value is -1.79. The molecule has 0 saturated heterocycles. The number of nitrogens with one attached hydrogen (secondary N) is 3. The maximum atomic E-state index is 11.9. The van der Waals surface area contributed by atoms with Crippen molar-refractivity contribution in [2.24, 2.45) is 0 Å². The van der Waals surface area contributed by atoms with E-state index in [4.69, 9.17) is 11.6 Å². The second-order valence-electron chi connectivity index (χ2n) is 5.61. The maximum absolute atomic E-state index is 11.9. The zero-order valence-corrected chi connectivity index (χ0v) is 14.5. The molecule has 0 aliphatic heterocycles. The molecule has 0 bridgehead atoms.